The normalized spacial score (nSPS) is 10.0. The molecule has 0 saturated carbocycles. The summed E-state index contributed by atoms with van der Waals surface area (Å²) in [5.74, 6) is -0.443. The zero-order valence-electron chi connectivity index (χ0n) is 6.53. The molecular formula is C7H10N3O. The molecular weight excluding hydrogens is 142 g/mol. The number of carbonyl (C=O) groups excluding carboxylic acids is 1. The molecule has 0 unspecified atom stereocenters. The number of nitrogens with two attached hydrogens (primary N) is 1. The Balaban J connectivity index is 2.87. The molecule has 11 heavy (non-hydrogen) atoms. The summed E-state index contributed by atoms with van der Waals surface area (Å²) in [4.78, 5) is 10.5. The molecule has 0 fully saturated rings. The summed E-state index contributed by atoms with van der Waals surface area (Å²) in [6.45, 7) is 1.88. The third kappa shape index (κ3) is 1.58. The summed E-state index contributed by atoms with van der Waals surface area (Å²) in [5, 5.41) is 3.95. The van der Waals surface area contributed by atoms with Crippen LogP contribution < -0.4 is 5.73 Å². The molecule has 4 nitrogen and oxygen atoms in total. The van der Waals surface area contributed by atoms with E-state index >= 15 is 0 Å². The third-order valence-electron chi connectivity index (χ3n) is 1.57. The van der Waals surface area contributed by atoms with Crippen LogP contribution in [-0.2, 0) is 11.8 Å². The van der Waals surface area contributed by atoms with Gasteiger partial charge in [0.2, 0.25) is 5.91 Å². The van der Waals surface area contributed by atoms with Crippen LogP contribution in [0.4, 0.5) is 0 Å². The van der Waals surface area contributed by atoms with Gasteiger partial charge in [-0.1, -0.05) is 0 Å². The molecule has 0 aliphatic rings. The fourth-order valence-electron chi connectivity index (χ4n) is 0.811. The van der Waals surface area contributed by atoms with Gasteiger partial charge in [0.05, 0.1) is 12.6 Å². The molecule has 0 bridgehead atoms. The van der Waals surface area contributed by atoms with Crippen LogP contribution in [0.25, 0.3) is 0 Å². The quantitative estimate of drug-likeness (QED) is 0.636. The van der Waals surface area contributed by atoms with E-state index in [1.165, 1.54) is 6.42 Å². The zero-order valence-corrected chi connectivity index (χ0v) is 6.53. The van der Waals surface area contributed by atoms with Crippen molar-refractivity contribution in [2.24, 2.45) is 12.8 Å². The molecule has 0 aliphatic carbocycles. The molecule has 0 atom stereocenters. The van der Waals surface area contributed by atoms with Crippen molar-refractivity contribution < 1.29 is 4.79 Å². The number of hydrogen-bond acceptors (Lipinski definition) is 2. The van der Waals surface area contributed by atoms with Crippen molar-refractivity contribution in [3.63, 3.8) is 0 Å². The minimum Gasteiger partial charge on any atom is -0.369 e. The second-order valence-electron chi connectivity index (χ2n) is 2.36. The molecule has 1 radical (unpaired) electrons. The molecule has 1 amide bonds. The van der Waals surface area contributed by atoms with Gasteiger partial charge in [-0.3, -0.25) is 9.48 Å². The lowest BCUT2D eigenvalue weighted by molar-refractivity contribution is -0.114. The summed E-state index contributed by atoms with van der Waals surface area (Å²) in [6, 6.07) is 0. The van der Waals surface area contributed by atoms with E-state index in [2.05, 4.69) is 5.10 Å². The van der Waals surface area contributed by atoms with Gasteiger partial charge in [-0.15, -0.1) is 0 Å². The Morgan fingerprint density at radius 1 is 1.82 bits per heavy atom. The van der Waals surface area contributed by atoms with Crippen LogP contribution in [-0.4, -0.2) is 15.7 Å². The van der Waals surface area contributed by atoms with Crippen LogP contribution in [0.2, 0.25) is 0 Å². The number of hydrogen-bond donors (Lipinski definition) is 1. The van der Waals surface area contributed by atoms with E-state index in [4.69, 9.17) is 5.73 Å². The largest absolute Gasteiger partial charge is 0.369 e. The van der Waals surface area contributed by atoms with Gasteiger partial charge in [-0.25, -0.2) is 0 Å². The summed E-state index contributed by atoms with van der Waals surface area (Å²) in [7, 11) is 1.81. The first kappa shape index (κ1) is 7.78. The van der Waals surface area contributed by atoms with E-state index in [-0.39, 0.29) is 0 Å². The first-order valence-electron chi connectivity index (χ1n) is 3.24. The Bertz CT molecular complexity index is 277. The Hall–Kier alpha value is -1.32. The maximum absolute atomic E-state index is 10.5. The summed E-state index contributed by atoms with van der Waals surface area (Å²) < 4.78 is 1.69. The van der Waals surface area contributed by atoms with Gasteiger partial charge in [-0.05, 0) is 6.92 Å². The smallest absolute Gasteiger partial charge is 0.226 e. The minimum absolute atomic E-state index is 0.443. The van der Waals surface area contributed by atoms with Gasteiger partial charge in [0.25, 0.3) is 0 Å². The molecule has 4 heteroatoms. The SMILES string of the molecule is Cc1c([CH]C(N)=O)cnn1C. The molecule has 2 N–H and O–H groups in total. The molecule has 0 aromatic carbocycles. The van der Waals surface area contributed by atoms with Crippen LogP contribution in [0.5, 0.6) is 0 Å². The van der Waals surface area contributed by atoms with Crippen molar-refractivity contribution >= 4 is 5.91 Å². The van der Waals surface area contributed by atoms with Crippen LogP contribution in [0.3, 0.4) is 0 Å². The van der Waals surface area contributed by atoms with Crippen LogP contribution >= 0.6 is 0 Å². The average Bonchev–Trinajstić information content (AvgIpc) is 2.18. The highest BCUT2D eigenvalue weighted by molar-refractivity contribution is 5.86. The fraction of sp³-hybridized carbons (Fsp3) is 0.286. The van der Waals surface area contributed by atoms with Gasteiger partial charge in [0.1, 0.15) is 0 Å². The number of rotatable bonds is 2. The number of aryl methyl sites for hydroxylation is 1. The van der Waals surface area contributed by atoms with Crippen molar-refractivity contribution in [3.05, 3.63) is 23.9 Å². The number of carbonyl (C=O) groups is 1. The molecule has 1 aromatic rings. The molecule has 0 saturated heterocycles. The second-order valence-corrected chi connectivity index (χ2v) is 2.36. The monoisotopic (exact) mass is 152 g/mol. The summed E-state index contributed by atoms with van der Waals surface area (Å²) in [6.07, 6.45) is 2.97. The number of primary amides is 1. The zero-order chi connectivity index (χ0) is 8.43. The lowest BCUT2D eigenvalue weighted by Gasteiger charge is -1.95. The summed E-state index contributed by atoms with van der Waals surface area (Å²) in [5.41, 5.74) is 6.68. The highest BCUT2D eigenvalue weighted by Gasteiger charge is 2.05. The molecule has 1 rings (SSSR count). The van der Waals surface area contributed by atoms with E-state index in [0.29, 0.717) is 0 Å². The van der Waals surface area contributed by atoms with Crippen LogP contribution in [0.15, 0.2) is 6.20 Å². The van der Waals surface area contributed by atoms with Gasteiger partial charge in [0, 0.05) is 18.3 Å². The van der Waals surface area contributed by atoms with Crippen molar-refractivity contribution in [1.29, 1.82) is 0 Å². The van der Waals surface area contributed by atoms with Crippen molar-refractivity contribution in [2.75, 3.05) is 0 Å². The van der Waals surface area contributed by atoms with Gasteiger partial charge < -0.3 is 5.73 Å². The van der Waals surface area contributed by atoms with Gasteiger partial charge in [0.15, 0.2) is 0 Å². The number of nitrogens with zero attached hydrogens (tertiary/aromatic N) is 2. The Morgan fingerprint density at radius 2 is 2.45 bits per heavy atom. The molecule has 0 spiro atoms. The highest BCUT2D eigenvalue weighted by Crippen LogP contribution is 2.06. The number of amides is 1. The van der Waals surface area contributed by atoms with Crippen molar-refractivity contribution in [1.82, 2.24) is 9.78 Å². The first-order valence-corrected chi connectivity index (χ1v) is 3.24. The van der Waals surface area contributed by atoms with E-state index in [9.17, 15) is 4.79 Å². The molecule has 1 heterocycles. The maximum atomic E-state index is 10.5. The van der Waals surface area contributed by atoms with E-state index < -0.39 is 5.91 Å². The minimum atomic E-state index is -0.443. The molecule has 0 aliphatic heterocycles. The Labute approximate surface area is 65.0 Å². The predicted molar refractivity (Wildman–Crippen MR) is 40.5 cm³/mol. The van der Waals surface area contributed by atoms with Crippen LogP contribution in [0.1, 0.15) is 11.3 Å². The Kier molecular flexibility index (Phi) is 1.94. The van der Waals surface area contributed by atoms with Crippen molar-refractivity contribution in [3.8, 4) is 0 Å². The Morgan fingerprint density at radius 3 is 2.82 bits per heavy atom. The number of aromatic nitrogens is 2. The average molecular weight is 152 g/mol. The van der Waals surface area contributed by atoms with Gasteiger partial charge in [-0.2, -0.15) is 5.10 Å². The second kappa shape index (κ2) is 2.74. The standard InChI is InChI=1S/C7H10N3O/c1-5-6(3-7(8)11)4-9-10(5)2/h3-4H,1-2H3,(H2,8,11). The lowest BCUT2D eigenvalue weighted by Crippen LogP contribution is -2.11. The summed E-state index contributed by atoms with van der Waals surface area (Å²) >= 11 is 0. The molecule has 1 aromatic heterocycles. The fourth-order valence-corrected chi connectivity index (χ4v) is 0.811. The van der Waals surface area contributed by atoms with Crippen molar-refractivity contribution in [2.45, 2.75) is 6.92 Å². The van der Waals surface area contributed by atoms with E-state index in [1.807, 2.05) is 14.0 Å². The van der Waals surface area contributed by atoms with Gasteiger partial charge >= 0.3 is 0 Å². The molecule has 59 valence electrons. The third-order valence-corrected chi connectivity index (χ3v) is 1.57. The first-order chi connectivity index (χ1) is 5.11. The topological polar surface area (TPSA) is 60.9 Å². The van der Waals surface area contributed by atoms with E-state index in [0.717, 1.165) is 11.3 Å². The van der Waals surface area contributed by atoms with Crippen LogP contribution in [0, 0.1) is 13.3 Å². The van der Waals surface area contributed by atoms with E-state index in [1.54, 1.807) is 10.9 Å². The predicted octanol–water partition coefficient (Wildman–Crippen LogP) is -0.234. The maximum Gasteiger partial charge on any atom is 0.226 e. The lowest BCUT2D eigenvalue weighted by atomic mass is 10.2. The highest BCUT2D eigenvalue weighted by atomic mass is 16.1.